The summed E-state index contributed by atoms with van der Waals surface area (Å²) in [5.41, 5.74) is 0. The van der Waals surface area contributed by atoms with Crippen LogP contribution in [0.3, 0.4) is 0 Å². The van der Waals surface area contributed by atoms with E-state index in [1.54, 1.807) is 0 Å². The van der Waals surface area contributed by atoms with Crippen molar-refractivity contribution >= 4 is 7.60 Å². The topological polar surface area (TPSA) is 58.6 Å². The summed E-state index contributed by atoms with van der Waals surface area (Å²) in [7, 11) is -2.00. The fourth-order valence-corrected chi connectivity index (χ4v) is 2.04. The Morgan fingerprint density at radius 1 is 1.20 bits per heavy atom. The van der Waals surface area contributed by atoms with Crippen molar-refractivity contribution in [2.24, 2.45) is 0 Å². The molecule has 5 heteroatoms. The van der Waals surface area contributed by atoms with Crippen LogP contribution in [0.15, 0.2) is 0 Å². The first-order valence-electron chi connectivity index (χ1n) is 5.70. The molecule has 4 nitrogen and oxygen atoms in total. The lowest BCUT2D eigenvalue weighted by atomic mass is 10.2. The molecule has 0 aromatic rings. The second-order valence-corrected chi connectivity index (χ2v) is 5.80. The predicted octanol–water partition coefficient (Wildman–Crippen LogP) is 2.38. The summed E-state index contributed by atoms with van der Waals surface area (Å²) < 4.78 is 15.5. The molecule has 92 valence electrons. The predicted molar refractivity (Wildman–Crippen MR) is 63.3 cm³/mol. The fraction of sp³-hybridized carbons (Fsp3) is 1.00. The monoisotopic (exact) mass is 237 g/mol. The smallest absolute Gasteiger partial charge is 0.324 e. The van der Waals surface area contributed by atoms with Crippen LogP contribution in [0.25, 0.3) is 0 Å². The van der Waals surface area contributed by atoms with Crippen LogP contribution in [0.1, 0.15) is 39.0 Å². The number of unbranched alkanes of at least 4 members (excludes halogenated alkanes) is 3. The van der Waals surface area contributed by atoms with Gasteiger partial charge in [-0.2, -0.15) is 0 Å². The summed E-state index contributed by atoms with van der Waals surface area (Å²) in [6.07, 6.45) is 5.93. The van der Waals surface area contributed by atoms with Crippen molar-refractivity contribution < 1.29 is 14.0 Å². The maximum atomic E-state index is 11.1. The average Bonchev–Trinajstić information content (AvgIpc) is 2.22. The van der Waals surface area contributed by atoms with Crippen molar-refractivity contribution in [3.63, 3.8) is 0 Å². The third kappa shape index (κ3) is 10.4. The first-order valence-corrected chi connectivity index (χ1v) is 7.47. The van der Waals surface area contributed by atoms with Crippen LogP contribution in [0.2, 0.25) is 0 Å². The molecule has 1 atom stereocenters. The van der Waals surface area contributed by atoms with E-state index < -0.39 is 7.60 Å². The normalized spacial score (nSPS) is 15.1. The molecule has 0 spiro atoms. The first-order chi connectivity index (χ1) is 7.12. The second-order valence-electron chi connectivity index (χ2n) is 3.71. The molecule has 0 saturated heterocycles. The summed E-state index contributed by atoms with van der Waals surface area (Å²) >= 11 is 0. The molecule has 0 aromatic carbocycles. The molecular formula is C10H24NO3P. The lowest BCUT2D eigenvalue weighted by Gasteiger charge is -2.08. The summed E-state index contributed by atoms with van der Waals surface area (Å²) in [4.78, 5) is 9.10. The SMILES string of the molecule is CCCCCCNCCCP(=O)(O)OC. The van der Waals surface area contributed by atoms with Gasteiger partial charge in [0.15, 0.2) is 0 Å². The highest BCUT2D eigenvalue weighted by Crippen LogP contribution is 2.40. The maximum Gasteiger partial charge on any atom is 0.327 e. The van der Waals surface area contributed by atoms with Gasteiger partial charge in [0, 0.05) is 7.11 Å². The number of rotatable bonds is 10. The van der Waals surface area contributed by atoms with Crippen molar-refractivity contribution in [2.75, 3.05) is 26.4 Å². The van der Waals surface area contributed by atoms with E-state index >= 15 is 0 Å². The Balaban J connectivity index is 3.15. The second kappa shape index (κ2) is 9.34. The highest BCUT2D eigenvalue weighted by atomic mass is 31.2. The van der Waals surface area contributed by atoms with Crippen molar-refractivity contribution in [3.8, 4) is 0 Å². The van der Waals surface area contributed by atoms with Gasteiger partial charge >= 0.3 is 7.60 Å². The molecule has 0 amide bonds. The molecule has 0 heterocycles. The van der Waals surface area contributed by atoms with Crippen molar-refractivity contribution in [1.29, 1.82) is 0 Å². The van der Waals surface area contributed by atoms with E-state index in [1.807, 2.05) is 0 Å². The Labute approximate surface area is 92.9 Å². The van der Waals surface area contributed by atoms with Gasteiger partial charge < -0.3 is 14.7 Å². The highest BCUT2D eigenvalue weighted by Gasteiger charge is 2.15. The zero-order valence-electron chi connectivity index (χ0n) is 9.87. The van der Waals surface area contributed by atoms with Crippen molar-refractivity contribution in [1.82, 2.24) is 5.32 Å². The minimum atomic E-state index is -3.28. The Bertz CT molecular complexity index is 188. The number of nitrogens with one attached hydrogen (secondary N) is 1. The molecule has 0 aliphatic heterocycles. The molecule has 1 unspecified atom stereocenters. The summed E-state index contributed by atoms with van der Waals surface area (Å²) in [6, 6.07) is 0. The minimum absolute atomic E-state index is 0.242. The van der Waals surface area contributed by atoms with Gasteiger partial charge in [-0.1, -0.05) is 26.2 Å². The lowest BCUT2D eigenvalue weighted by molar-refractivity contribution is 0.314. The van der Waals surface area contributed by atoms with Crippen LogP contribution in [0.4, 0.5) is 0 Å². The molecule has 0 aromatic heterocycles. The van der Waals surface area contributed by atoms with Crippen LogP contribution < -0.4 is 5.32 Å². The van der Waals surface area contributed by atoms with Gasteiger partial charge in [-0.3, -0.25) is 4.57 Å². The van der Waals surface area contributed by atoms with E-state index in [4.69, 9.17) is 4.89 Å². The quantitative estimate of drug-likeness (QED) is 0.452. The molecule has 0 radical (unpaired) electrons. The Morgan fingerprint density at radius 3 is 2.47 bits per heavy atom. The van der Waals surface area contributed by atoms with E-state index in [-0.39, 0.29) is 6.16 Å². The standard InChI is InChI=1S/C10H24NO3P/c1-3-4-5-6-8-11-9-7-10-15(12,13)14-2/h11H,3-10H2,1-2H3,(H,12,13). The zero-order chi connectivity index (χ0) is 11.6. The molecule has 0 aliphatic carbocycles. The summed E-state index contributed by atoms with van der Waals surface area (Å²) in [6.45, 7) is 3.99. The fourth-order valence-electron chi connectivity index (χ4n) is 1.30. The largest absolute Gasteiger partial charge is 0.327 e. The number of hydrogen-bond donors (Lipinski definition) is 2. The van der Waals surface area contributed by atoms with E-state index in [0.29, 0.717) is 6.42 Å². The molecule has 2 N–H and O–H groups in total. The van der Waals surface area contributed by atoms with E-state index in [1.165, 1.54) is 32.8 Å². The molecule has 0 rings (SSSR count). The van der Waals surface area contributed by atoms with Gasteiger partial charge in [0.2, 0.25) is 0 Å². The Morgan fingerprint density at radius 2 is 1.87 bits per heavy atom. The zero-order valence-corrected chi connectivity index (χ0v) is 10.8. The van der Waals surface area contributed by atoms with Crippen molar-refractivity contribution in [2.45, 2.75) is 39.0 Å². The van der Waals surface area contributed by atoms with Crippen LogP contribution in [0, 0.1) is 0 Å². The molecule has 0 saturated carbocycles. The van der Waals surface area contributed by atoms with Gasteiger partial charge in [-0.05, 0) is 25.9 Å². The van der Waals surface area contributed by atoms with Gasteiger partial charge in [-0.25, -0.2) is 0 Å². The van der Waals surface area contributed by atoms with E-state index in [9.17, 15) is 4.57 Å². The summed E-state index contributed by atoms with van der Waals surface area (Å²) in [5.74, 6) is 0. The Hall–Kier alpha value is 0.110. The minimum Gasteiger partial charge on any atom is -0.324 e. The van der Waals surface area contributed by atoms with Crippen LogP contribution in [-0.2, 0) is 9.09 Å². The molecule has 15 heavy (non-hydrogen) atoms. The highest BCUT2D eigenvalue weighted by molar-refractivity contribution is 7.52. The van der Waals surface area contributed by atoms with Crippen LogP contribution in [-0.4, -0.2) is 31.3 Å². The van der Waals surface area contributed by atoms with Gasteiger partial charge in [0.25, 0.3) is 0 Å². The number of hydrogen-bond acceptors (Lipinski definition) is 3. The first kappa shape index (κ1) is 15.1. The maximum absolute atomic E-state index is 11.1. The van der Waals surface area contributed by atoms with E-state index in [0.717, 1.165) is 13.1 Å². The molecule has 0 bridgehead atoms. The van der Waals surface area contributed by atoms with Crippen molar-refractivity contribution in [3.05, 3.63) is 0 Å². The average molecular weight is 237 g/mol. The lowest BCUT2D eigenvalue weighted by Crippen LogP contribution is -2.17. The van der Waals surface area contributed by atoms with Gasteiger partial charge in [0.1, 0.15) is 0 Å². The van der Waals surface area contributed by atoms with Crippen LogP contribution in [0.5, 0.6) is 0 Å². The van der Waals surface area contributed by atoms with Gasteiger partial charge in [0.05, 0.1) is 6.16 Å². The van der Waals surface area contributed by atoms with Crippen LogP contribution >= 0.6 is 7.60 Å². The molecule has 0 fully saturated rings. The molecule has 0 aliphatic rings. The molecular weight excluding hydrogens is 213 g/mol. The Kier molecular flexibility index (Phi) is 9.41. The van der Waals surface area contributed by atoms with Gasteiger partial charge in [-0.15, -0.1) is 0 Å². The third-order valence-corrected chi connectivity index (χ3v) is 3.74. The van der Waals surface area contributed by atoms with E-state index in [2.05, 4.69) is 16.8 Å². The third-order valence-electron chi connectivity index (χ3n) is 2.29. The summed E-state index contributed by atoms with van der Waals surface area (Å²) in [5, 5.41) is 3.25.